The average molecular weight is 242 g/mol. The van der Waals surface area contributed by atoms with Crippen molar-refractivity contribution in [2.75, 3.05) is 33.3 Å². The van der Waals surface area contributed by atoms with Gasteiger partial charge in [-0.3, -0.25) is 4.79 Å². The van der Waals surface area contributed by atoms with Crippen LogP contribution in [0.15, 0.2) is 0 Å². The average Bonchev–Trinajstić information content (AvgIpc) is 2.26. The molecule has 1 fully saturated rings. The van der Waals surface area contributed by atoms with Crippen LogP contribution in [0.3, 0.4) is 0 Å². The Balaban J connectivity index is 2.26. The monoisotopic (exact) mass is 242 g/mol. The molecule has 4 nitrogen and oxygen atoms in total. The van der Waals surface area contributed by atoms with E-state index >= 15 is 0 Å². The number of ether oxygens (including phenoxy) is 1. The van der Waals surface area contributed by atoms with Gasteiger partial charge in [0.1, 0.15) is 6.61 Å². The Morgan fingerprint density at radius 1 is 1.35 bits per heavy atom. The van der Waals surface area contributed by atoms with Crippen molar-refractivity contribution in [3.8, 4) is 0 Å². The molecule has 1 heterocycles. The maximum absolute atomic E-state index is 11.8. The first-order chi connectivity index (χ1) is 7.88. The topological polar surface area (TPSA) is 41.6 Å². The van der Waals surface area contributed by atoms with Crippen molar-refractivity contribution < 1.29 is 9.53 Å². The fourth-order valence-electron chi connectivity index (χ4n) is 1.94. The molecule has 0 unspecified atom stereocenters. The van der Waals surface area contributed by atoms with Crippen molar-refractivity contribution in [2.24, 2.45) is 5.92 Å². The van der Waals surface area contributed by atoms with E-state index in [1.807, 2.05) is 32.7 Å². The van der Waals surface area contributed by atoms with Gasteiger partial charge in [0.15, 0.2) is 0 Å². The molecule has 0 radical (unpaired) electrons. The molecule has 1 N–H and O–H groups in total. The molecule has 1 aliphatic heterocycles. The zero-order valence-corrected chi connectivity index (χ0v) is 11.6. The predicted octanol–water partition coefficient (Wildman–Crippen LogP) is 1.26. The summed E-state index contributed by atoms with van der Waals surface area (Å²) in [6.07, 6.45) is 2.33. The van der Waals surface area contributed by atoms with E-state index < -0.39 is 0 Å². The zero-order chi connectivity index (χ0) is 12.9. The highest BCUT2D eigenvalue weighted by Gasteiger charge is 2.19. The van der Waals surface area contributed by atoms with Crippen LogP contribution in [0.25, 0.3) is 0 Å². The third kappa shape index (κ3) is 6.03. The van der Waals surface area contributed by atoms with E-state index in [0.29, 0.717) is 5.92 Å². The highest BCUT2D eigenvalue weighted by molar-refractivity contribution is 5.77. The van der Waals surface area contributed by atoms with Crippen molar-refractivity contribution in [1.82, 2.24) is 10.2 Å². The maximum atomic E-state index is 11.8. The van der Waals surface area contributed by atoms with E-state index in [1.54, 1.807) is 0 Å². The van der Waals surface area contributed by atoms with E-state index in [-0.39, 0.29) is 18.1 Å². The van der Waals surface area contributed by atoms with Crippen molar-refractivity contribution in [3.63, 3.8) is 0 Å². The lowest BCUT2D eigenvalue weighted by atomic mass is 9.98. The SMILES string of the molecule is CN(CC1CCNCC1)C(=O)COC(C)(C)C. The molecule has 0 aromatic carbocycles. The Hall–Kier alpha value is -0.610. The second-order valence-corrected chi connectivity index (χ2v) is 5.87. The van der Waals surface area contributed by atoms with Gasteiger partial charge in [0.05, 0.1) is 5.60 Å². The number of amides is 1. The van der Waals surface area contributed by atoms with Crippen molar-refractivity contribution in [1.29, 1.82) is 0 Å². The van der Waals surface area contributed by atoms with Crippen LogP contribution in [0.1, 0.15) is 33.6 Å². The predicted molar refractivity (Wildman–Crippen MR) is 68.9 cm³/mol. The summed E-state index contributed by atoms with van der Waals surface area (Å²) in [6.45, 7) is 9.09. The smallest absolute Gasteiger partial charge is 0.248 e. The third-order valence-electron chi connectivity index (χ3n) is 3.05. The lowest BCUT2D eigenvalue weighted by molar-refractivity contribution is -0.140. The van der Waals surface area contributed by atoms with Crippen LogP contribution < -0.4 is 5.32 Å². The first kappa shape index (κ1) is 14.5. The lowest BCUT2D eigenvalue weighted by Gasteiger charge is -2.28. The minimum absolute atomic E-state index is 0.0819. The number of carbonyl (C=O) groups is 1. The minimum Gasteiger partial charge on any atom is -0.366 e. The first-order valence-electron chi connectivity index (χ1n) is 6.47. The number of likely N-dealkylation sites (N-methyl/N-ethyl adjacent to an activating group) is 1. The summed E-state index contributed by atoms with van der Waals surface area (Å²) in [5.74, 6) is 0.721. The number of rotatable bonds is 4. The van der Waals surface area contributed by atoms with Crippen LogP contribution >= 0.6 is 0 Å². The molecule has 17 heavy (non-hydrogen) atoms. The molecule has 0 spiro atoms. The lowest BCUT2D eigenvalue weighted by Crippen LogP contribution is -2.39. The molecule has 0 aromatic heterocycles. The summed E-state index contributed by atoms with van der Waals surface area (Å²) in [6, 6.07) is 0. The number of piperidine rings is 1. The Kier molecular flexibility index (Phi) is 5.40. The Labute approximate surface area is 105 Å². The van der Waals surface area contributed by atoms with Gasteiger partial charge < -0.3 is 15.0 Å². The molecule has 1 rings (SSSR count). The summed E-state index contributed by atoms with van der Waals surface area (Å²) in [7, 11) is 1.87. The third-order valence-corrected chi connectivity index (χ3v) is 3.05. The minimum atomic E-state index is -0.245. The molecule has 1 saturated heterocycles. The molecule has 1 aliphatic rings. The number of nitrogens with zero attached hydrogens (tertiary/aromatic N) is 1. The van der Waals surface area contributed by atoms with E-state index in [4.69, 9.17) is 4.74 Å². The molecule has 0 bridgehead atoms. The molecular weight excluding hydrogens is 216 g/mol. The zero-order valence-electron chi connectivity index (χ0n) is 11.6. The summed E-state index contributed by atoms with van der Waals surface area (Å²) >= 11 is 0. The van der Waals surface area contributed by atoms with Gasteiger partial charge in [0.2, 0.25) is 5.91 Å². The van der Waals surface area contributed by atoms with Gasteiger partial charge in [0.25, 0.3) is 0 Å². The molecule has 100 valence electrons. The van der Waals surface area contributed by atoms with Gasteiger partial charge in [-0.15, -0.1) is 0 Å². The van der Waals surface area contributed by atoms with Crippen LogP contribution in [0.2, 0.25) is 0 Å². The summed E-state index contributed by atoms with van der Waals surface area (Å²) < 4.78 is 5.50. The van der Waals surface area contributed by atoms with Gasteiger partial charge >= 0.3 is 0 Å². The number of hydrogen-bond acceptors (Lipinski definition) is 3. The normalized spacial score (nSPS) is 18.1. The molecule has 0 saturated carbocycles. The number of hydrogen-bond donors (Lipinski definition) is 1. The quantitative estimate of drug-likeness (QED) is 0.807. The standard InChI is InChI=1S/C13H26N2O2/c1-13(2,3)17-10-12(16)15(4)9-11-5-7-14-8-6-11/h11,14H,5-10H2,1-4H3. The highest BCUT2D eigenvalue weighted by Crippen LogP contribution is 2.13. The van der Waals surface area contributed by atoms with Crippen molar-refractivity contribution in [2.45, 2.75) is 39.2 Å². The fourth-order valence-corrected chi connectivity index (χ4v) is 1.94. The van der Waals surface area contributed by atoms with Gasteiger partial charge in [-0.05, 0) is 52.6 Å². The van der Waals surface area contributed by atoms with E-state index in [2.05, 4.69) is 5.32 Å². The van der Waals surface area contributed by atoms with Crippen LogP contribution in [-0.2, 0) is 9.53 Å². The summed E-state index contributed by atoms with van der Waals surface area (Å²) in [4.78, 5) is 13.7. The van der Waals surface area contributed by atoms with Crippen LogP contribution in [0, 0.1) is 5.92 Å². The van der Waals surface area contributed by atoms with E-state index in [1.165, 1.54) is 0 Å². The van der Waals surface area contributed by atoms with Crippen LogP contribution in [0.5, 0.6) is 0 Å². The summed E-state index contributed by atoms with van der Waals surface area (Å²) in [5, 5.41) is 3.33. The van der Waals surface area contributed by atoms with E-state index in [0.717, 1.165) is 32.5 Å². The van der Waals surface area contributed by atoms with Crippen molar-refractivity contribution >= 4 is 5.91 Å². The van der Waals surface area contributed by atoms with Gasteiger partial charge in [0, 0.05) is 13.6 Å². The maximum Gasteiger partial charge on any atom is 0.248 e. The summed E-state index contributed by atoms with van der Waals surface area (Å²) in [5.41, 5.74) is -0.245. The van der Waals surface area contributed by atoms with Crippen LogP contribution in [-0.4, -0.2) is 49.7 Å². The van der Waals surface area contributed by atoms with Gasteiger partial charge in [-0.25, -0.2) is 0 Å². The molecule has 0 aromatic rings. The fraction of sp³-hybridized carbons (Fsp3) is 0.923. The number of carbonyl (C=O) groups excluding carboxylic acids is 1. The highest BCUT2D eigenvalue weighted by atomic mass is 16.5. The van der Waals surface area contributed by atoms with E-state index in [9.17, 15) is 4.79 Å². The van der Waals surface area contributed by atoms with Gasteiger partial charge in [-0.2, -0.15) is 0 Å². The first-order valence-corrected chi connectivity index (χ1v) is 6.47. The molecular formula is C13H26N2O2. The molecule has 0 aliphatic carbocycles. The Morgan fingerprint density at radius 3 is 2.47 bits per heavy atom. The Bertz CT molecular complexity index is 242. The second-order valence-electron chi connectivity index (χ2n) is 5.87. The largest absolute Gasteiger partial charge is 0.366 e. The second kappa shape index (κ2) is 6.36. The molecule has 0 atom stereocenters. The van der Waals surface area contributed by atoms with Crippen LogP contribution in [0.4, 0.5) is 0 Å². The molecule has 1 amide bonds. The van der Waals surface area contributed by atoms with Gasteiger partial charge in [-0.1, -0.05) is 0 Å². The van der Waals surface area contributed by atoms with Crippen molar-refractivity contribution in [3.05, 3.63) is 0 Å². The number of nitrogens with one attached hydrogen (secondary N) is 1. The Morgan fingerprint density at radius 2 is 1.94 bits per heavy atom. The molecule has 4 heteroatoms.